The molecule has 2 aliphatic heterocycles. The molecule has 0 spiro atoms. The van der Waals surface area contributed by atoms with Gasteiger partial charge in [0, 0.05) is 17.9 Å². The van der Waals surface area contributed by atoms with Gasteiger partial charge in [-0.1, -0.05) is 11.6 Å². The second-order valence-electron chi connectivity index (χ2n) is 8.15. The molecule has 0 amide bonds. The molecule has 0 unspecified atom stereocenters. The minimum Gasteiger partial charge on any atom is -0.497 e. The van der Waals surface area contributed by atoms with E-state index in [2.05, 4.69) is 25.1 Å². The first-order valence-electron chi connectivity index (χ1n) is 9.82. The van der Waals surface area contributed by atoms with Gasteiger partial charge in [-0.3, -0.25) is 0 Å². The van der Waals surface area contributed by atoms with Crippen molar-refractivity contribution in [3.05, 3.63) is 47.7 Å². The summed E-state index contributed by atoms with van der Waals surface area (Å²) in [5.41, 5.74) is 2.91. The topological polar surface area (TPSA) is 59.0 Å². The summed E-state index contributed by atoms with van der Waals surface area (Å²) in [5, 5.41) is 3.19. The summed E-state index contributed by atoms with van der Waals surface area (Å²) in [6, 6.07) is 12.3. The van der Waals surface area contributed by atoms with Crippen LogP contribution in [0.2, 0.25) is 0 Å². The molecule has 29 heavy (non-hydrogen) atoms. The molecule has 152 valence electrons. The first-order valence-corrected chi connectivity index (χ1v) is 9.82. The number of hydrogen-bond donors (Lipinski definition) is 0. The quantitative estimate of drug-likeness (QED) is 0.618. The van der Waals surface area contributed by atoms with Gasteiger partial charge in [0.05, 0.1) is 18.3 Å². The number of ether oxygens (including phenoxy) is 5. The van der Waals surface area contributed by atoms with Crippen LogP contribution in [0, 0.1) is 6.92 Å². The van der Waals surface area contributed by atoms with Crippen LogP contribution in [0.3, 0.4) is 0 Å². The second-order valence-corrected chi connectivity index (χ2v) is 8.15. The Hall–Kier alpha value is -2.25. The molecule has 2 saturated heterocycles. The third kappa shape index (κ3) is 2.99. The summed E-state index contributed by atoms with van der Waals surface area (Å²) in [4.78, 5) is 4.99. The Morgan fingerprint density at radius 3 is 2.55 bits per heavy atom. The largest absolute Gasteiger partial charge is 0.497 e. The summed E-state index contributed by atoms with van der Waals surface area (Å²) >= 11 is 0. The summed E-state index contributed by atoms with van der Waals surface area (Å²) in [6.45, 7) is 5.85. The lowest BCUT2D eigenvalue weighted by atomic mass is 9.97. The van der Waals surface area contributed by atoms with Crippen molar-refractivity contribution in [2.24, 2.45) is 0 Å². The Labute approximate surface area is 169 Å². The molecule has 5 rings (SSSR count). The predicted octanol–water partition coefficient (Wildman–Crippen LogP) is 4.27. The number of aromatic nitrogens is 1. The molecule has 0 bridgehead atoms. The molecule has 4 atom stereocenters. The maximum absolute atomic E-state index is 6.29. The highest BCUT2D eigenvalue weighted by Gasteiger charge is 2.56. The molecule has 2 aromatic carbocycles. The molecule has 2 aliphatic rings. The third-order valence-electron chi connectivity index (χ3n) is 5.72. The Kier molecular flexibility index (Phi) is 4.29. The zero-order valence-corrected chi connectivity index (χ0v) is 17.3. The summed E-state index contributed by atoms with van der Waals surface area (Å²) in [7, 11) is 3.34. The van der Waals surface area contributed by atoms with Gasteiger partial charge in [0.1, 0.15) is 24.1 Å². The number of rotatable bonds is 3. The molecule has 0 aliphatic carbocycles. The summed E-state index contributed by atoms with van der Waals surface area (Å²) in [6.07, 6.45) is -1.54. The summed E-state index contributed by atoms with van der Waals surface area (Å²) < 4.78 is 29.6. The Morgan fingerprint density at radius 1 is 0.966 bits per heavy atom. The maximum atomic E-state index is 6.29. The van der Waals surface area contributed by atoms with Gasteiger partial charge in [0.25, 0.3) is 0 Å². The van der Waals surface area contributed by atoms with Crippen molar-refractivity contribution in [1.29, 1.82) is 0 Å². The minimum absolute atomic E-state index is 0.309. The van der Waals surface area contributed by atoms with Crippen LogP contribution in [0.5, 0.6) is 5.75 Å². The molecule has 2 fully saturated rings. The van der Waals surface area contributed by atoms with Crippen LogP contribution in [0.15, 0.2) is 36.4 Å². The van der Waals surface area contributed by atoms with Crippen molar-refractivity contribution in [2.75, 3.05) is 14.2 Å². The fraction of sp³-hybridized carbons (Fsp3) is 0.435. The number of fused-ring (bicyclic) bond motifs is 4. The Morgan fingerprint density at radius 2 is 1.79 bits per heavy atom. The number of hydrogen-bond acceptors (Lipinski definition) is 6. The number of nitrogens with zero attached hydrogens (tertiary/aromatic N) is 1. The molecular formula is C23H25NO5. The number of aryl methyl sites for hydroxylation is 1. The lowest BCUT2D eigenvalue weighted by Crippen LogP contribution is -2.33. The van der Waals surface area contributed by atoms with Crippen LogP contribution in [0.1, 0.15) is 31.2 Å². The molecule has 0 radical (unpaired) electrons. The van der Waals surface area contributed by atoms with E-state index in [0.29, 0.717) is 0 Å². The normalized spacial score (nSPS) is 28.2. The van der Waals surface area contributed by atoms with Crippen molar-refractivity contribution in [2.45, 2.75) is 51.2 Å². The molecule has 3 heterocycles. The molecule has 1 aromatic heterocycles. The zero-order valence-electron chi connectivity index (χ0n) is 17.3. The standard InChI is InChI=1S/C23H25NO5/c1-12-6-9-17-15(10-12)14-8-7-13(25-4)11-16(14)18(24-17)19-20(26-5)21-22(27-19)29-23(2,3)28-21/h6-11,19-22H,1-5H3/t19-,20-,21+,22+/m0/s1. The van der Waals surface area contributed by atoms with Crippen molar-refractivity contribution in [3.8, 4) is 5.75 Å². The fourth-order valence-corrected chi connectivity index (χ4v) is 4.42. The highest BCUT2D eigenvalue weighted by Crippen LogP contribution is 2.46. The summed E-state index contributed by atoms with van der Waals surface area (Å²) in [5.74, 6) is 0.0739. The van der Waals surface area contributed by atoms with Crippen LogP contribution in [0.25, 0.3) is 21.7 Å². The number of benzene rings is 2. The van der Waals surface area contributed by atoms with Gasteiger partial charge in [0.15, 0.2) is 12.1 Å². The number of methoxy groups -OCH3 is 2. The van der Waals surface area contributed by atoms with Crippen LogP contribution >= 0.6 is 0 Å². The average molecular weight is 395 g/mol. The van der Waals surface area contributed by atoms with Gasteiger partial charge >= 0.3 is 0 Å². The van der Waals surface area contributed by atoms with E-state index in [9.17, 15) is 0 Å². The molecule has 6 heteroatoms. The van der Waals surface area contributed by atoms with Gasteiger partial charge in [-0.25, -0.2) is 4.98 Å². The van der Waals surface area contributed by atoms with Crippen molar-refractivity contribution in [1.82, 2.24) is 4.98 Å². The molecule has 6 nitrogen and oxygen atoms in total. The predicted molar refractivity (Wildman–Crippen MR) is 109 cm³/mol. The van der Waals surface area contributed by atoms with Gasteiger partial charge < -0.3 is 23.7 Å². The Bertz CT molecular complexity index is 1100. The van der Waals surface area contributed by atoms with Crippen molar-refractivity contribution < 1.29 is 23.7 Å². The van der Waals surface area contributed by atoms with E-state index in [4.69, 9.17) is 28.7 Å². The van der Waals surface area contributed by atoms with E-state index >= 15 is 0 Å². The second kappa shape index (κ2) is 6.64. The van der Waals surface area contributed by atoms with E-state index in [-0.39, 0.29) is 12.2 Å². The third-order valence-corrected chi connectivity index (χ3v) is 5.72. The number of pyridine rings is 1. The molecule has 3 aromatic rings. The van der Waals surface area contributed by atoms with Crippen LogP contribution in [-0.2, 0) is 18.9 Å². The molecular weight excluding hydrogens is 370 g/mol. The van der Waals surface area contributed by atoms with E-state index in [1.54, 1.807) is 14.2 Å². The monoisotopic (exact) mass is 395 g/mol. The van der Waals surface area contributed by atoms with E-state index in [0.717, 1.165) is 33.1 Å². The van der Waals surface area contributed by atoms with Gasteiger partial charge in [-0.2, -0.15) is 0 Å². The Balaban J connectivity index is 1.70. The van der Waals surface area contributed by atoms with E-state index < -0.39 is 18.2 Å². The maximum Gasteiger partial charge on any atom is 0.190 e. The first kappa shape index (κ1) is 18.8. The van der Waals surface area contributed by atoms with Gasteiger partial charge in [0.2, 0.25) is 0 Å². The van der Waals surface area contributed by atoms with Crippen LogP contribution in [0.4, 0.5) is 0 Å². The first-order chi connectivity index (χ1) is 13.9. The minimum atomic E-state index is -0.698. The highest BCUT2D eigenvalue weighted by molar-refractivity contribution is 6.07. The van der Waals surface area contributed by atoms with E-state index in [1.807, 2.05) is 32.0 Å². The van der Waals surface area contributed by atoms with Crippen molar-refractivity contribution >= 4 is 21.7 Å². The smallest absolute Gasteiger partial charge is 0.190 e. The lowest BCUT2D eigenvalue weighted by molar-refractivity contribution is -0.218. The van der Waals surface area contributed by atoms with Gasteiger partial charge in [-0.15, -0.1) is 0 Å². The van der Waals surface area contributed by atoms with Crippen LogP contribution < -0.4 is 4.74 Å². The fourth-order valence-electron chi connectivity index (χ4n) is 4.42. The molecule has 0 saturated carbocycles. The van der Waals surface area contributed by atoms with Crippen LogP contribution in [-0.4, -0.2) is 43.5 Å². The van der Waals surface area contributed by atoms with Gasteiger partial charge in [-0.05, 0) is 56.5 Å². The average Bonchev–Trinajstić information content (AvgIpc) is 3.18. The highest BCUT2D eigenvalue weighted by atomic mass is 16.8. The molecule has 0 N–H and O–H groups in total. The van der Waals surface area contributed by atoms with Crippen molar-refractivity contribution in [3.63, 3.8) is 0 Å². The SMILES string of the molecule is COc1ccc2c(c1)c([C@@H]1O[C@@H]3OC(C)(C)O[C@@H]3[C@H]1OC)nc1ccc(C)cc12. The van der Waals surface area contributed by atoms with E-state index in [1.165, 1.54) is 5.56 Å². The lowest BCUT2D eigenvalue weighted by Gasteiger charge is -2.25. The zero-order chi connectivity index (χ0) is 20.3.